The Kier molecular flexibility index (Phi) is 5.70. The third kappa shape index (κ3) is 3.30. The van der Waals surface area contributed by atoms with Gasteiger partial charge in [-0.3, -0.25) is 9.59 Å². The molecule has 1 aliphatic heterocycles. The number of methoxy groups -OCH3 is 2. The number of ether oxygens (including phenoxy) is 2. The molecule has 1 N–H and O–H groups in total. The number of hydrogen-bond acceptors (Lipinski definition) is 4. The van der Waals surface area contributed by atoms with Crippen LogP contribution < -0.4 is 14.8 Å². The van der Waals surface area contributed by atoms with Crippen LogP contribution in [-0.2, 0) is 15.0 Å². The van der Waals surface area contributed by atoms with Crippen molar-refractivity contribution in [3.05, 3.63) is 23.3 Å². The maximum absolute atomic E-state index is 13.0. The number of likely N-dealkylation sites (N-methyl/N-ethyl adjacent to an activating group) is 1. The first-order chi connectivity index (χ1) is 12.9. The van der Waals surface area contributed by atoms with Crippen molar-refractivity contribution in [3.8, 4) is 11.5 Å². The van der Waals surface area contributed by atoms with E-state index in [-0.39, 0.29) is 22.1 Å². The lowest BCUT2D eigenvalue weighted by Gasteiger charge is -2.46. The number of nitrogens with one attached hydrogen (secondary N) is 1. The van der Waals surface area contributed by atoms with E-state index in [9.17, 15) is 9.59 Å². The van der Waals surface area contributed by atoms with E-state index in [4.69, 9.17) is 9.47 Å². The average molecular weight is 439 g/mol. The lowest BCUT2D eigenvalue weighted by atomic mass is 9.71. The molecule has 6 nitrogen and oxygen atoms in total. The summed E-state index contributed by atoms with van der Waals surface area (Å²) < 4.78 is 11.0. The Bertz CT molecular complexity index is 744. The molecule has 2 amide bonds. The molecule has 7 heteroatoms. The standard InChI is InChI=1S/C20H27BrN2O4/c1-12(21)19(25)23-11-20(7-5-6-8-20)14-10-16(27-4)15(26-3)9-13(14)17(23)18(24)22-2/h9-10,12,17H,5-8,11H2,1-4H3,(H,22,24). The minimum atomic E-state index is -0.677. The second kappa shape index (κ2) is 7.70. The van der Waals surface area contributed by atoms with Gasteiger partial charge in [-0.1, -0.05) is 28.8 Å². The summed E-state index contributed by atoms with van der Waals surface area (Å²) in [5, 5.41) is 2.72. The molecule has 0 radical (unpaired) electrons. The van der Waals surface area contributed by atoms with Crippen LogP contribution in [0.2, 0.25) is 0 Å². The van der Waals surface area contributed by atoms with Gasteiger partial charge in [0, 0.05) is 19.0 Å². The van der Waals surface area contributed by atoms with Gasteiger partial charge >= 0.3 is 0 Å². The maximum atomic E-state index is 13.0. The van der Waals surface area contributed by atoms with Gasteiger partial charge in [0.15, 0.2) is 11.5 Å². The summed E-state index contributed by atoms with van der Waals surface area (Å²) in [6.45, 7) is 2.34. The van der Waals surface area contributed by atoms with Crippen LogP contribution in [0.15, 0.2) is 12.1 Å². The van der Waals surface area contributed by atoms with Crippen molar-refractivity contribution in [2.24, 2.45) is 0 Å². The predicted octanol–water partition coefficient (Wildman–Crippen LogP) is 2.93. The van der Waals surface area contributed by atoms with Gasteiger partial charge in [0.25, 0.3) is 0 Å². The molecular formula is C20H27BrN2O4. The van der Waals surface area contributed by atoms with Crippen LogP contribution >= 0.6 is 15.9 Å². The molecule has 2 unspecified atom stereocenters. The van der Waals surface area contributed by atoms with Gasteiger partial charge < -0.3 is 19.7 Å². The number of fused-ring (bicyclic) bond motifs is 2. The number of amides is 2. The third-order valence-corrected chi connectivity index (χ3v) is 6.28. The fraction of sp³-hybridized carbons (Fsp3) is 0.600. The first-order valence-electron chi connectivity index (χ1n) is 9.31. The quantitative estimate of drug-likeness (QED) is 0.733. The Morgan fingerprint density at radius 2 is 1.81 bits per heavy atom. The zero-order valence-corrected chi connectivity index (χ0v) is 17.9. The highest BCUT2D eigenvalue weighted by molar-refractivity contribution is 9.10. The van der Waals surface area contributed by atoms with E-state index in [1.165, 1.54) is 0 Å². The first kappa shape index (κ1) is 20.0. The molecule has 0 saturated heterocycles. The van der Waals surface area contributed by atoms with E-state index < -0.39 is 6.04 Å². The van der Waals surface area contributed by atoms with Crippen LogP contribution in [0, 0.1) is 0 Å². The monoisotopic (exact) mass is 438 g/mol. The van der Waals surface area contributed by atoms with E-state index in [1.54, 1.807) is 33.1 Å². The first-order valence-corrected chi connectivity index (χ1v) is 10.2. The fourth-order valence-corrected chi connectivity index (χ4v) is 4.85. The molecule has 148 valence electrons. The van der Waals surface area contributed by atoms with Crippen LogP contribution in [0.5, 0.6) is 11.5 Å². The fourth-order valence-electron chi connectivity index (χ4n) is 4.58. The smallest absolute Gasteiger partial charge is 0.247 e. The Balaban J connectivity index is 2.24. The number of halogens is 1. The zero-order chi connectivity index (χ0) is 19.8. The molecule has 0 bridgehead atoms. The molecule has 1 aromatic carbocycles. The molecule has 0 aromatic heterocycles. The normalized spacial score (nSPS) is 21.5. The number of benzene rings is 1. The number of nitrogens with zero attached hydrogens (tertiary/aromatic N) is 1. The summed E-state index contributed by atoms with van der Waals surface area (Å²) in [6.07, 6.45) is 4.22. The van der Waals surface area contributed by atoms with Gasteiger partial charge in [0.2, 0.25) is 11.8 Å². The molecule has 2 aliphatic rings. The van der Waals surface area contributed by atoms with E-state index in [0.717, 1.165) is 36.8 Å². The average Bonchev–Trinajstić information content (AvgIpc) is 3.14. The second-order valence-corrected chi connectivity index (χ2v) is 8.75. The zero-order valence-electron chi connectivity index (χ0n) is 16.3. The summed E-state index contributed by atoms with van der Waals surface area (Å²) >= 11 is 3.39. The highest BCUT2D eigenvalue weighted by Crippen LogP contribution is 2.51. The van der Waals surface area contributed by atoms with Crippen molar-refractivity contribution in [3.63, 3.8) is 0 Å². The molecule has 1 aliphatic carbocycles. The minimum absolute atomic E-state index is 0.0738. The lowest BCUT2D eigenvalue weighted by molar-refractivity contribution is -0.142. The van der Waals surface area contributed by atoms with Gasteiger partial charge in [-0.15, -0.1) is 0 Å². The maximum Gasteiger partial charge on any atom is 0.247 e. The van der Waals surface area contributed by atoms with Gasteiger partial charge in [0.1, 0.15) is 6.04 Å². The van der Waals surface area contributed by atoms with Crippen LogP contribution in [0.4, 0.5) is 0 Å². The number of carbonyl (C=O) groups is 2. The predicted molar refractivity (Wildman–Crippen MR) is 107 cm³/mol. The number of rotatable bonds is 4. The third-order valence-electron chi connectivity index (χ3n) is 5.89. The van der Waals surface area contributed by atoms with E-state index in [0.29, 0.717) is 18.0 Å². The highest BCUT2D eigenvalue weighted by atomic mass is 79.9. The van der Waals surface area contributed by atoms with E-state index >= 15 is 0 Å². The van der Waals surface area contributed by atoms with Gasteiger partial charge in [-0.05, 0) is 43.0 Å². The summed E-state index contributed by atoms with van der Waals surface area (Å²) in [6, 6.07) is 3.20. The highest BCUT2D eigenvalue weighted by Gasteiger charge is 2.49. The number of hydrogen-bond donors (Lipinski definition) is 1. The SMILES string of the molecule is CNC(=O)C1c2cc(OC)c(OC)cc2C2(CCCC2)CN1C(=O)C(C)Br. The Hall–Kier alpha value is -1.76. The molecule has 1 heterocycles. The molecule has 1 aromatic rings. The van der Waals surface area contributed by atoms with Gasteiger partial charge in [-0.25, -0.2) is 0 Å². The Labute approximate surface area is 168 Å². The van der Waals surface area contributed by atoms with E-state index in [2.05, 4.69) is 21.2 Å². The number of alkyl halides is 1. The molecule has 1 spiro atoms. The van der Waals surface area contributed by atoms with Crippen LogP contribution in [-0.4, -0.2) is 49.4 Å². The molecule has 27 heavy (non-hydrogen) atoms. The van der Waals surface area contributed by atoms with E-state index in [1.807, 2.05) is 12.1 Å². The topological polar surface area (TPSA) is 67.9 Å². The summed E-state index contributed by atoms with van der Waals surface area (Å²) in [5.41, 5.74) is 1.80. The summed E-state index contributed by atoms with van der Waals surface area (Å²) in [4.78, 5) is 27.2. The van der Waals surface area contributed by atoms with Gasteiger partial charge in [0.05, 0.1) is 19.0 Å². The van der Waals surface area contributed by atoms with Crippen molar-refractivity contribution in [1.29, 1.82) is 0 Å². The number of carbonyl (C=O) groups excluding carboxylic acids is 2. The molecule has 1 fully saturated rings. The van der Waals surface area contributed by atoms with Crippen molar-refractivity contribution in [1.82, 2.24) is 10.2 Å². The Morgan fingerprint density at radius 1 is 1.22 bits per heavy atom. The van der Waals surface area contributed by atoms with Crippen molar-refractivity contribution < 1.29 is 19.1 Å². The molecule has 1 saturated carbocycles. The van der Waals surface area contributed by atoms with Crippen LogP contribution in [0.1, 0.15) is 49.8 Å². The largest absolute Gasteiger partial charge is 0.493 e. The van der Waals surface area contributed by atoms with Crippen molar-refractivity contribution in [2.45, 2.75) is 48.9 Å². The molecular weight excluding hydrogens is 412 g/mol. The van der Waals surface area contributed by atoms with Gasteiger partial charge in [-0.2, -0.15) is 0 Å². The van der Waals surface area contributed by atoms with Crippen molar-refractivity contribution >= 4 is 27.7 Å². The lowest BCUT2D eigenvalue weighted by Crippen LogP contribution is -2.54. The minimum Gasteiger partial charge on any atom is -0.493 e. The summed E-state index contributed by atoms with van der Waals surface area (Å²) in [5.74, 6) is 0.958. The Morgan fingerprint density at radius 3 is 2.33 bits per heavy atom. The van der Waals surface area contributed by atoms with Crippen LogP contribution in [0.3, 0.4) is 0 Å². The molecule has 2 atom stereocenters. The molecule has 3 rings (SSSR count). The second-order valence-electron chi connectivity index (χ2n) is 7.38. The summed E-state index contributed by atoms with van der Waals surface area (Å²) in [7, 11) is 4.80. The van der Waals surface area contributed by atoms with Crippen LogP contribution in [0.25, 0.3) is 0 Å². The van der Waals surface area contributed by atoms with Crippen molar-refractivity contribution in [2.75, 3.05) is 27.8 Å².